The van der Waals surface area contributed by atoms with Crippen LogP contribution in [0.4, 0.5) is 5.95 Å². The second-order valence-corrected chi connectivity index (χ2v) is 8.18. The lowest BCUT2D eigenvalue weighted by molar-refractivity contribution is -0.142. The van der Waals surface area contributed by atoms with Gasteiger partial charge in [-0.2, -0.15) is 0 Å². The summed E-state index contributed by atoms with van der Waals surface area (Å²) >= 11 is 1.27. The van der Waals surface area contributed by atoms with E-state index in [0.29, 0.717) is 17.4 Å². The summed E-state index contributed by atoms with van der Waals surface area (Å²) in [6.45, 7) is 0.477. The fraction of sp³-hybridized carbons (Fsp3) is 0.261. The van der Waals surface area contributed by atoms with E-state index >= 15 is 0 Å². The minimum absolute atomic E-state index is 0.130. The molecule has 2 heterocycles. The van der Waals surface area contributed by atoms with E-state index in [1.807, 2.05) is 6.07 Å². The maximum Gasteiger partial charge on any atom is 0.330 e. The van der Waals surface area contributed by atoms with Gasteiger partial charge in [0.15, 0.2) is 0 Å². The Morgan fingerprint density at radius 1 is 1.12 bits per heavy atom. The van der Waals surface area contributed by atoms with Gasteiger partial charge in [0.05, 0.1) is 17.6 Å². The van der Waals surface area contributed by atoms with Crippen LogP contribution >= 0.6 is 11.3 Å². The van der Waals surface area contributed by atoms with E-state index in [1.54, 1.807) is 35.7 Å². The lowest BCUT2D eigenvalue weighted by atomic mass is 10.1. The topological polar surface area (TPSA) is 143 Å². The molecule has 0 saturated heterocycles. The van der Waals surface area contributed by atoms with Crippen LogP contribution in [-0.2, 0) is 16.0 Å². The number of phenolic OH excluding ortho intramolecular Hbond substituents is 1. The molecule has 0 fully saturated rings. The van der Waals surface area contributed by atoms with Crippen LogP contribution in [0.5, 0.6) is 5.75 Å². The summed E-state index contributed by atoms with van der Waals surface area (Å²) in [7, 11) is 1.20. The first-order valence-corrected chi connectivity index (χ1v) is 11.4. The number of hydrogen-bond donors (Lipinski definition) is 4. The molecule has 0 aliphatic heterocycles. The number of aromatic hydroxyl groups is 1. The molecule has 0 bridgehead atoms. The van der Waals surface area contributed by atoms with E-state index in [9.17, 15) is 19.5 Å². The van der Waals surface area contributed by atoms with Crippen molar-refractivity contribution in [1.29, 1.82) is 0 Å². The number of thiophene rings is 1. The lowest BCUT2D eigenvalue weighted by Gasteiger charge is -2.17. The fourth-order valence-corrected chi connectivity index (χ4v) is 3.65. The highest BCUT2D eigenvalue weighted by molar-refractivity contribution is 7.12. The summed E-state index contributed by atoms with van der Waals surface area (Å²) in [5.74, 6) is -1.01. The summed E-state index contributed by atoms with van der Waals surface area (Å²) < 4.78 is 4.73. The number of nitrogens with one attached hydrogen (secondary N) is 3. The average molecular weight is 484 g/mol. The zero-order chi connectivity index (χ0) is 24.3. The summed E-state index contributed by atoms with van der Waals surface area (Å²) in [6.07, 6.45) is 4.27. The summed E-state index contributed by atoms with van der Waals surface area (Å²) in [4.78, 5) is 45.5. The van der Waals surface area contributed by atoms with Crippen molar-refractivity contribution in [2.75, 3.05) is 25.5 Å². The smallest absolute Gasteiger partial charge is 0.330 e. The van der Waals surface area contributed by atoms with Gasteiger partial charge in [-0.1, -0.05) is 18.2 Å². The van der Waals surface area contributed by atoms with Crippen molar-refractivity contribution < 1.29 is 24.2 Å². The number of methoxy groups -OCH3 is 1. The molecule has 3 aromatic rings. The van der Waals surface area contributed by atoms with Gasteiger partial charge in [-0.3, -0.25) is 9.59 Å². The molecule has 0 saturated carbocycles. The Morgan fingerprint density at radius 2 is 1.91 bits per heavy atom. The van der Waals surface area contributed by atoms with Crippen LogP contribution in [0.1, 0.15) is 32.0 Å². The first-order valence-electron chi connectivity index (χ1n) is 10.5. The molecule has 3 rings (SSSR count). The quantitative estimate of drug-likeness (QED) is 0.240. The highest BCUT2D eigenvalue weighted by atomic mass is 32.1. The SMILES string of the molecule is COC(=O)C(CNC(=O)c1cccs1)NC(=O)c1cnc(NCCCc2cccc(O)c2)nc1. The van der Waals surface area contributed by atoms with Gasteiger partial charge in [0.25, 0.3) is 11.8 Å². The van der Waals surface area contributed by atoms with Gasteiger partial charge in [0.1, 0.15) is 11.8 Å². The van der Waals surface area contributed by atoms with Crippen molar-refractivity contribution in [3.05, 3.63) is 70.2 Å². The Labute approximate surface area is 200 Å². The van der Waals surface area contributed by atoms with Crippen LogP contribution in [0, 0.1) is 0 Å². The Morgan fingerprint density at radius 3 is 2.59 bits per heavy atom. The van der Waals surface area contributed by atoms with Gasteiger partial charge in [0.2, 0.25) is 5.95 Å². The number of carbonyl (C=O) groups is 3. The first-order chi connectivity index (χ1) is 16.5. The van der Waals surface area contributed by atoms with Crippen LogP contribution in [0.3, 0.4) is 0 Å². The van der Waals surface area contributed by atoms with Crippen molar-refractivity contribution in [1.82, 2.24) is 20.6 Å². The highest BCUT2D eigenvalue weighted by Gasteiger charge is 2.23. The number of nitrogens with zero attached hydrogens (tertiary/aromatic N) is 2. The van der Waals surface area contributed by atoms with E-state index < -0.39 is 17.9 Å². The molecule has 2 amide bonds. The van der Waals surface area contributed by atoms with Gasteiger partial charge >= 0.3 is 5.97 Å². The van der Waals surface area contributed by atoms with Gasteiger partial charge < -0.3 is 25.8 Å². The zero-order valence-corrected chi connectivity index (χ0v) is 19.3. The lowest BCUT2D eigenvalue weighted by Crippen LogP contribution is -2.49. The second kappa shape index (κ2) is 12.3. The minimum atomic E-state index is -1.07. The zero-order valence-electron chi connectivity index (χ0n) is 18.5. The molecule has 1 aromatic carbocycles. The monoisotopic (exact) mass is 483 g/mol. The van der Waals surface area contributed by atoms with Crippen LogP contribution in [0.15, 0.2) is 54.2 Å². The maximum atomic E-state index is 12.6. The van der Waals surface area contributed by atoms with Gasteiger partial charge in [-0.05, 0) is 42.0 Å². The number of anilines is 1. The Bertz CT molecular complexity index is 1110. The molecular formula is C23H25N5O5S. The van der Waals surface area contributed by atoms with Crippen LogP contribution in [-0.4, -0.2) is 59.1 Å². The molecular weight excluding hydrogens is 458 g/mol. The van der Waals surface area contributed by atoms with E-state index in [0.717, 1.165) is 18.4 Å². The third-order valence-corrected chi connectivity index (χ3v) is 5.62. The number of amides is 2. The minimum Gasteiger partial charge on any atom is -0.508 e. The molecule has 11 heteroatoms. The number of aryl methyl sites for hydroxylation is 1. The molecule has 34 heavy (non-hydrogen) atoms. The molecule has 0 aliphatic carbocycles. The average Bonchev–Trinajstić information content (AvgIpc) is 3.39. The number of esters is 1. The number of phenols is 1. The van der Waals surface area contributed by atoms with E-state index in [2.05, 4.69) is 25.9 Å². The molecule has 2 aromatic heterocycles. The Balaban J connectivity index is 1.48. The predicted octanol–water partition coefficient (Wildman–Crippen LogP) is 1.99. The Kier molecular flexibility index (Phi) is 8.92. The Hall–Kier alpha value is -3.99. The summed E-state index contributed by atoms with van der Waals surface area (Å²) in [6, 6.07) is 9.42. The third kappa shape index (κ3) is 7.27. The number of aromatic nitrogens is 2. The normalized spacial score (nSPS) is 11.3. The highest BCUT2D eigenvalue weighted by Crippen LogP contribution is 2.12. The molecule has 1 unspecified atom stereocenters. The van der Waals surface area contributed by atoms with Gasteiger partial charge in [-0.15, -0.1) is 11.3 Å². The van der Waals surface area contributed by atoms with Crippen LogP contribution in [0.2, 0.25) is 0 Å². The van der Waals surface area contributed by atoms with E-state index in [4.69, 9.17) is 4.74 Å². The van der Waals surface area contributed by atoms with E-state index in [-0.39, 0.29) is 23.8 Å². The van der Waals surface area contributed by atoms with E-state index in [1.165, 1.54) is 30.8 Å². The fourth-order valence-electron chi connectivity index (χ4n) is 3.01. The van der Waals surface area contributed by atoms with Crippen molar-refractivity contribution in [3.63, 3.8) is 0 Å². The first kappa shape index (κ1) is 24.6. The molecule has 0 radical (unpaired) electrons. The maximum absolute atomic E-state index is 12.6. The van der Waals surface area contributed by atoms with Crippen molar-refractivity contribution in [2.45, 2.75) is 18.9 Å². The van der Waals surface area contributed by atoms with Gasteiger partial charge in [-0.25, -0.2) is 14.8 Å². The molecule has 0 aliphatic rings. The summed E-state index contributed by atoms with van der Waals surface area (Å²) in [5.41, 5.74) is 1.19. The molecule has 0 spiro atoms. The van der Waals surface area contributed by atoms with Crippen molar-refractivity contribution in [2.24, 2.45) is 0 Å². The molecule has 4 N–H and O–H groups in total. The molecule has 10 nitrogen and oxygen atoms in total. The molecule has 178 valence electrons. The van der Waals surface area contributed by atoms with Crippen LogP contribution in [0.25, 0.3) is 0 Å². The van der Waals surface area contributed by atoms with Crippen molar-refractivity contribution in [3.8, 4) is 5.75 Å². The predicted molar refractivity (Wildman–Crippen MR) is 127 cm³/mol. The third-order valence-electron chi connectivity index (χ3n) is 4.75. The largest absolute Gasteiger partial charge is 0.508 e. The van der Waals surface area contributed by atoms with Crippen molar-refractivity contribution >= 4 is 35.1 Å². The standard InChI is InChI=1S/C23H25N5O5S/c1-33-22(32)18(14-25-21(31)19-8-4-10-34-19)28-20(30)16-12-26-23(27-13-16)24-9-3-6-15-5-2-7-17(29)11-15/h2,4-5,7-8,10-13,18,29H,3,6,9,14H2,1H3,(H,25,31)(H,28,30)(H,24,26,27). The van der Waals surface area contributed by atoms with Gasteiger partial charge in [0, 0.05) is 25.5 Å². The van der Waals surface area contributed by atoms with Crippen LogP contribution < -0.4 is 16.0 Å². The molecule has 1 atom stereocenters. The number of ether oxygens (including phenoxy) is 1. The second-order valence-electron chi connectivity index (χ2n) is 7.23. The summed E-state index contributed by atoms with van der Waals surface area (Å²) in [5, 5.41) is 19.5. The number of benzene rings is 1. The number of rotatable bonds is 11. The number of hydrogen-bond acceptors (Lipinski definition) is 9. The number of carbonyl (C=O) groups excluding carboxylic acids is 3.